The van der Waals surface area contributed by atoms with Gasteiger partial charge >= 0.3 is 0 Å². The lowest BCUT2D eigenvalue weighted by Gasteiger charge is -2.33. The van der Waals surface area contributed by atoms with E-state index in [2.05, 4.69) is 39.1 Å². The van der Waals surface area contributed by atoms with Gasteiger partial charge in [0.2, 0.25) is 5.91 Å². The Balaban J connectivity index is 1.41. The molecule has 1 fully saturated rings. The van der Waals surface area contributed by atoms with Crippen LogP contribution in [0.1, 0.15) is 61.6 Å². The molecule has 3 heterocycles. The number of hydrogen-bond donors (Lipinski definition) is 1. The summed E-state index contributed by atoms with van der Waals surface area (Å²) >= 11 is 0. The maximum Gasteiger partial charge on any atom is 0.226 e. The Hall–Kier alpha value is -2.15. The Morgan fingerprint density at radius 3 is 2.78 bits per heavy atom. The van der Waals surface area contributed by atoms with Gasteiger partial charge in [-0.3, -0.25) is 14.4 Å². The van der Waals surface area contributed by atoms with Crippen LogP contribution in [0.3, 0.4) is 0 Å². The Labute approximate surface area is 160 Å². The van der Waals surface area contributed by atoms with Gasteiger partial charge in [0, 0.05) is 38.9 Å². The van der Waals surface area contributed by atoms with Crippen molar-refractivity contribution >= 4 is 5.91 Å². The summed E-state index contributed by atoms with van der Waals surface area (Å²) in [5, 5.41) is 7.61. The molecule has 1 atom stereocenters. The maximum absolute atomic E-state index is 12.3. The van der Waals surface area contributed by atoms with Crippen LogP contribution in [0.2, 0.25) is 0 Å². The number of fused-ring (bicyclic) bond motifs is 1. The summed E-state index contributed by atoms with van der Waals surface area (Å²) in [5.41, 5.74) is 3.15. The zero-order valence-corrected chi connectivity index (χ0v) is 16.6. The molecule has 0 radical (unpaired) electrons. The number of aryl methyl sites for hydroxylation is 2. The molecule has 0 aromatic carbocycles. The van der Waals surface area contributed by atoms with Crippen LogP contribution in [0.15, 0.2) is 12.3 Å². The summed E-state index contributed by atoms with van der Waals surface area (Å²) in [7, 11) is 2.00. The fourth-order valence-electron chi connectivity index (χ4n) is 4.43. The third-order valence-electron chi connectivity index (χ3n) is 5.93. The molecule has 1 amide bonds. The lowest BCUT2D eigenvalue weighted by atomic mass is 10.2. The summed E-state index contributed by atoms with van der Waals surface area (Å²) in [6, 6.07) is 2.74. The Bertz CT molecular complexity index is 817. The smallest absolute Gasteiger partial charge is 0.226 e. The highest BCUT2D eigenvalue weighted by Gasteiger charge is 2.27. The molecule has 4 rings (SSSR count). The Morgan fingerprint density at radius 1 is 1.30 bits per heavy atom. The van der Waals surface area contributed by atoms with Crippen LogP contribution >= 0.6 is 0 Å². The number of amides is 1. The van der Waals surface area contributed by atoms with Crippen LogP contribution in [-0.4, -0.2) is 42.7 Å². The number of carbonyl (C=O) groups is 1. The number of nitrogens with zero attached hydrogens (tertiary/aromatic N) is 5. The topological polar surface area (TPSA) is 68.0 Å². The first-order valence-electron chi connectivity index (χ1n) is 10.1. The van der Waals surface area contributed by atoms with Crippen molar-refractivity contribution in [1.82, 2.24) is 29.5 Å². The third-order valence-corrected chi connectivity index (χ3v) is 5.93. The van der Waals surface area contributed by atoms with Crippen molar-refractivity contribution in [3.8, 4) is 0 Å². The second-order valence-electron chi connectivity index (χ2n) is 8.06. The number of imidazole rings is 1. The highest BCUT2D eigenvalue weighted by Crippen LogP contribution is 2.26. The average molecular weight is 371 g/mol. The number of carbonyl (C=O) groups excluding carboxylic acids is 1. The van der Waals surface area contributed by atoms with Crippen molar-refractivity contribution in [3.63, 3.8) is 0 Å². The van der Waals surface area contributed by atoms with Gasteiger partial charge in [-0.2, -0.15) is 5.10 Å². The highest BCUT2D eigenvalue weighted by atomic mass is 16.1. The number of rotatable bonds is 5. The van der Waals surface area contributed by atoms with Gasteiger partial charge in [0.15, 0.2) is 0 Å². The van der Waals surface area contributed by atoms with Crippen LogP contribution < -0.4 is 5.32 Å². The second-order valence-corrected chi connectivity index (χ2v) is 8.06. The van der Waals surface area contributed by atoms with E-state index >= 15 is 0 Å². The van der Waals surface area contributed by atoms with Crippen molar-refractivity contribution in [1.29, 1.82) is 0 Å². The van der Waals surface area contributed by atoms with E-state index in [1.165, 1.54) is 18.5 Å². The van der Waals surface area contributed by atoms with Gasteiger partial charge in [-0.05, 0) is 32.8 Å². The molecule has 1 saturated carbocycles. The highest BCUT2D eigenvalue weighted by molar-refractivity contribution is 5.78. The number of hydrogen-bond acceptors (Lipinski definition) is 4. The predicted molar refractivity (Wildman–Crippen MR) is 103 cm³/mol. The average Bonchev–Trinajstić information content (AvgIpc) is 3.32. The fraction of sp³-hybridized carbons (Fsp3) is 0.650. The molecule has 27 heavy (non-hydrogen) atoms. The molecule has 2 aliphatic rings. The molecular weight excluding hydrogens is 340 g/mol. The third kappa shape index (κ3) is 3.93. The van der Waals surface area contributed by atoms with Gasteiger partial charge < -0.3 is 9.88 Å². The molecule has 7 heteroatoms. The van der Waals surface area contributed by atoms with E-state index in [4.69, 9.17) is 4.98 Å². The van der Waals surface area contributed by atoms with Gasteiger partial charge in [0.1, 0.15) is 5.82 Å². The van der Waals surface area contributed by atoms with E-state index in [0.29, 0.717) is 12.5 Å². The molecule has 1 unspecified atom stereocenters. The van der Waals surface area contributed by atoms with Gasteiger partial charge in [0.05, 0.1) is 29.5 Å². The molecule has 146 valence electrons. The van der Waals surface area contributed by atoms with Crippen LogP contribution in [0.25, 0.3) is 0 Å². The quantitative estimate of drug-likeness (QED) is 0.875. The van der Waals surface area contributed by atoms with Gasteiger partial charge in [0.25, 0.3) is 0 Å². The SMILES string of the molecule is Cc1cc(CN2CCn3cc(CC(=O)NC4CCCC4)nc3C2C)n(C)n1. The number of nitrogens with one attached hydrogen (secondary N) is 1. The van der Waals surface area contributed by atoms with E-state index in [-0.39, 0.29) is 11.9 Å². The summed E-state index contributed by atoms with van der Waals surface area (Å²) in [5.74, 6) is 1.16. The van der Waals surface area contributed by atoms with Crippen molar-refractivity contribution in [3.05, 3.63) is 35.2 Å². The zero-order valence-electron chi connectivity index (χ0n) is 16.6. The van der Waals surface area contributed by atoms with Crippen LogP contribution in [0.5, 0.6) is 0 Å². The lowest BCUT2D eigenvalue weighted by molar-refractivity contribution is -0.121. The van der Waals surface area contributed by atoms with E-state index < -0.39 is 0 Å². The van der Waals surface area contributed by atoms with Crippen molar-refractivity contribution < 1.29 is 4.79 Å². The van der Waals surface area contributed by atoms with E-state index in [1.807, 2.05) is 18.7 Å². The minimum atomic E-state index is 0.104. The van der Waals surface area contributed by atoms with Crippen LogP contribution in [0, 0.1) is 6.92 Å². The summed E-state index contributed by atoms with van der Waals surface area (Å²) in [6.07, 6.45) is 7.13. The minimum absolute atomic E-state index is 0.104. The summed E-state index contributed by atoms with van der Waals surface area (Å²) < 4.78 is 4.18. The lowest BCUT2D eigenvalue weighted by Crippen LogP contribution is -2.36. The largest absolute Gasteiger partial charge is 0.353 e. The summed E-state index contributed by atoms with van der Waals surface area (Å²) in [4.78, 5) is 19.6. The second kappa shape index (κ2) is 7.46. The van der Waals surface area contributed by atoms with E-state index in [9.17, 15) is 4.79 Å². The van der Waals surface area contributed by atoms with Crippen LogP contribution in [0.4, 0.5) is 0 Å². The molecule has 1 aliphatic heterocycles. The monoisotopic (exact) mass is 370 g/mol. The zero-order chi connectivity index (χ0) is 19.0. The minimum Gasteiger partial charge on any atom is -0.353 e. The first kappa shape index (κ1) is 18.2. The van der Waals surface area contributed by atoms with Crippen molar-refractivity contribution in [2.75, 3.05) is 6.54 Å². The molecule has 0 bridgehead atoms. The van der Waals surface area contributed by atoms with Crippen molar-refractivity contribution in [2.24, 2.45) is 7.05 Å². The van der Waals surface area contributed by atoms with Gasteiger partial charge in [-0.15, -0.1) is 0 Å². The molecule has 0 spiro atoms. The molecule has 0 saturated heterocycles. The fourth-order valence-corrected chi connectivity index (χ4v) is 4.43. The molecule has 1 aliphatic carbocycles. The normalized spacial score (nSPS) is 20.8. The van der Waals surface area contributed by atoms with Crippen LogP contribution in [-0.2, 0) is 31.4 Å². The molecular formula is C20H30N6O. The molecule has 2 aromatic rings. The standard InChI is InChI=1S/C20H30N6O/c1-14-10-18(24(3)23-14)13-25-8-9-26-12-17(22-20(26)15(25)2)11-19(27)21-16-6-4-5-7-16/h10,12,15-16H,4-9,11,13H2,1-3H3,(H,21,27). The molecule has 2 aromatic heterocycles. The Kier molecular flexibility index (Phi) is 5.04. The van der Waals surface area contributed by atoms with E-state index in [0.717, 1.165) is 49.7 Å². The van der Waals surface area contributed by atoms with Crippen molar-refractivity contribution in [2.45, 2.75) is 71.1 Å². The van der Waals surface area contributed by atoms with Gasteiger partial charge in [-0.1, -0.05) is 12.8 Å². The summed E-state index contributed by atoms with van der Waals surface area (Å²) in [6.45, 7) is 6.97. The Morgan fingerprint density at radius 2 is 2.07 bits per heavy atom. The molecule has 7 nitrogen and oxygen atoms in total. The van der Waals surface area contributed by atoms with Gasteiger partial charge in [-0.25, -0.2) is 4.98 Å². The van der Waals surface area contributed by atoms with E-state index in [1.54, 1.807) is 0 Å². The maximum atomic E-state index is 12.3. The molecule has 1 N–H and O–H groups in total. The first-order valence-corrected chi connectivity index (χ1v) is 10.1. The first-order chi connectivity index (χ1) is 13.0. The predicted octanol–water partition coefficient (Wildman–Crippen LogP) is 2.10. The number of aromatic nitrogens is 4.